The minimum Gasteiger partial charge on any atom is -0.494 e. The van der Waals surface area contributed by atoms with Crippen LogP contribution in [0.1, 0.15) is 25.7 Å². The molecule has 0 aliphatic heterocycles. The molecule has 19 heavy (non-hydrogen) atoms. The molecule has 1 aromatic rings. The lowest BCUT2D eigenvalue weighted by Crippen LogP contribution is -2.39. The van der Waals surface area contributed by atoms with Crippen LogP contribution in [0, 0.1) is 5.82 Å². The van der Waals surface area contributed by atoms with Crippen molar-refractivity contribution < 1.29 is 19.0 Å². The van der Waals surface area contributed by atoms with E-state index in [1.165, 1.54) is 12.1 Å². The largest absolute Gasteiger partial charge is 0.494 e. The third kappa shape index (κ3) is 4.21. The number of rotatable bonds is 7. The number of hydrogen-bond acceptors (Lipinski definition) is 3. The smallest absolute Gasteiger partial charge is 0.220 e. The zero-order valence-corrected chi connectivity index (χ0v) is 10.7. The molecule has 0 unspecified atom stereocenters. The molecule has 1 fully saturated rings. The zero-order chi connectivity index (χ0) is 13.7. The molecule has 0 bridgehead atoms. The van der Waals surface area contributed by atoms with Crippen molar-refractivity contribution >= 4 is 5.91 Å². The second-order valence-electron chi connectivity index (χ2n) is 4.89. The number of aliphatic hydroxyl groups excluding tert-OH is 1. The van der Waals surface area contributed by atoms with Gasteiger partial charge in [-0.3, -0.25) is 4.79 Å². The number of halogens is 1. The van der Waals surface area contributed by atoms with Crippen LogP contribution in [0.5, 0.6) is 5.75 Å². The maximum Gasteiger partial charge on any atom is 0.220 e. The molecule has 2 rings (SSSR count). The van der Waals surface area contributed by atoms with Gasteiger partial charge in [0.25, 0.3) is 0 Å². The summed E-state index contributed by atoms with van der Waals surface area (Å²) in [5.74, 6) is 0.232. The van der Waals surface area contributed by atoms with E-state index in [9.17, 15) is 9.18 Å². The van der Waals surface area contributed by atoms with Crippen LogP contribution < -0.4 is 10.1 Å². The van der Waals surface area contributed by atoms with Crippen molar-refractivity contribution in [2.24, 2.45) is 0 Å². The van der Waals surface area contributed by atoms with Gasteiger partial charge < -0.3 is 15.2 Å². The van der Waals surface area contributed by atoms with Crippen LogP contribution in [0.25, 0.3) is 0 Å². The summed E-state index contributed by atoms with van der Waals surface area (Å²) >= 11 is 0. The van der Waals surface area contributed by atoms with E-state index >= 15 is 0 Å². The summed E-state index contributed by atoms with van der Waals surface area (Å²) < 4.78 is 18.0. The topological polar surface area (TPSA) is 58.6 Å². The Kier molecular flexibility index (Phi) is 4.37. The lowest BCUT2D eigenvalue weighted by atomic mass is 10.2. The van der Waals surface area contributed by atoms with Crippen LogP contribution >= 0.6 is 0 Å². The van der Waals surface area contributed by atoms with Gasteiger partial charge in [0.2, 0.25) is 5.91 Å². The van der Waals surface area contributed by atoms with Crippen molar-refractivity contribution in [3.8, 4) is 5.75 Å². The van der Waals surface area contributed by atoms with Gasteiger partial charge in [0, 0.05) is 6.42 Å². The summed E-state index contributed by atoms with van der Waals surface area (Å²) in [7, 11) is 0. The van der Waals surface area contributed by atoms with Crippen LogP contribution in [0.15, 0.2) is 24.3 Å². The normalized spacial score (nSPS) is 15.9. The van der Waals surface area contributed by atoms with Crippen molar-refractivity contribution in [3.63, 3.8) is 0 Å². The molecule has 0 saturated heterocycles. The average molecular weight is 267 g/mol. The van der Waals surface area contributed by atoms with Crippen LogP contribution in [0.4, 0.5) is 4.39 Å². The first-order valence-corrected chi connectivity index (χ1v) is 6.44. The Bertz CT molecular complexity index is 429. The summed E-state index contributed by atoms with van der Waals surface area (Å²) in [5, 5.41) is 11.9. The molecule has 0 spiro atoms. The Morgan fingerprint density at radius 3 is 2.63 bits per heavy atom. The average Bonchev–Trinajstić information content (AvgIpc) is 3.17. The first kappa shape index (κ1) is 13.8. The molecule has 0 aromatic heterocycles. The highest BCUT2D eigenvalue weighted by Gasteiger charge is 2.43. The van der Waals surface area contributed by atoms with Gasteiger partial charge in [-0.15, -0.1) is 0 Å². The second-order valence-corrected chi connectivity index (χ2v) is 4.89. The molecule has 5 heteroatoms. The van der Waals surface area contributed by atoms with E-state index in [-0.39, 0.29) is 23.9 Å². The lowest BCUT2D eigenvalue weighted by molar-refractivity contribution is -0.122. The monoisotopic (exact) mass is 267 g/mol. The number of carbonyl (C=O) groups is 1. The highest BCUT2D eigenvalue weighted by Crippen LogP contribution is 2.34. The third-order valence-electron chi connectivity index (χ3n) is 3.19. The van der Waals surface area contributed by atoms with Crippen LogP contribution in [0.3, 0.4) is 0 Å². The van der Waals surface area contributed by atoms with Crippen LogP contribution in [0.2, 0.25) is 0 Å². The van der Waals surface area contributed by atoms with Crippen molar-refractivity contribution in [1.82, 2.24) is 5.32 Å². The zero-order valence-electron chi connectivity index (χ0n) is 10.7. The number of aliphatic hydroxyl groups is 1. The first-order chi connectivity index (χ1) is 9.13. The van der Waals surface area contributed by atoms with Crippen LogP contribution in [-0.2, 0) is 4.79 Å². The molecular formula is C14H18FNO3. The van der Waals surface area contributed by atoms with Gasteiger partial charge in [-0.05, 0) is 43.5 Å². The van der Waals surface area contributed by atoms with Gasteiger partial charge >= 0.3 is 0 Å². The molecule has 1 saturated carbocycles. The van der Waals surface area contributed by atoms with E-state index in [4.69, 9.17) is 9.84 Å². The second kappa shape index (κ2) is 6.02. The van der Waals surface area contributed by atoms with Crippen molar-refractivity contribution in [2.45, 2.75) is 31.2 Å². The van der Waals surface area contributed by atoms with E-state index in [2.05, 4.69) is 5.32 Å². The molecule has 0 radical (unpaired) electrons. The Hall–Kier alpha value is -1.62. The molecule has 0 atom stereocenters. The minimum atomic E-state index is -0.352. The summed E-state index contributed by atoms with van der Waals surface area (Å²) in [5.41, 5.74) is -0.352. The predicted molar refractivity (Wildman–Crippen MR) is 68.3 cm³/mol. The van der Waals surface area contributed by atoms with Crippen molar-refractivity contribution in [3.05, 3.63) is 30.1 Å². The number of benzene rings is 1. The number of carbonyl (C=O) groups excluding carboxylic acids is 1. The third-order valence-corrected chi connectivity index (χ3v) is 3.19. The number of hydrogen-bond donors (Lipinski definition) is 2. The Labute approximate surface area is 111 Å². The maximum absolute atomic E-state index is 12.6. The van der Waals surface area contributed by atoms with Gasteiger partial charge in [-0.1, -0.05) is 0 Å². The molecule has 1 aliphatic rings. The number of amides is 1. The van der Waals surface area contributed by atoms with E-state index in [1.807, 2.05) is 0 Å². The molecule has 0 heterocycles. The molecule has 2 N–H and O–H groups in total. The van der Waals surface area contributed by atoms with Gasteiger partial charge in [-0.25, -0.2) is 4.39 Å². The number of ether oxygens (including phenoxy) is 1. The van der Waals surface area contributed by atoms with Gasteiger partial charge in [0.15, 0.2) is 0 Å². The van der Waals surface area contributed by atoms with Crippen molar-refractivity contribution in [2.75, 3.05) is 13.2 Å². The SMILES string of the molecule is O=C(CCCOc1ccc(F)cc1)NC1(CO)CC1. The predicted octanol–water partition coefficient (Wildman–Crippen LogP) is 1.63. The highest BCUT2D eigenvalue weighted by molar-refractivity contribution is 5.77. The standard InChI is InChI=1S/C14H18FNO3/c15-11-3-5-12(6-4-11)19-9-1-2-13(18)16-14(10-17)7-8-14/h3-6,17H,1-2,7-10H2,(H,16,18). The van der Waals surface area contributed by atoms with E-state index < -0.39 is 0 Å². The highest BCUT2D eigenvalue weighted by atomic mass is 19.1. The van der Waals surface area contributed by atoms with Gasteiger partial charge in [0.05, 0.1) is 18.8 Å². The summed E-state index contributed by atoms with van der Waals surface area (Å²) in [6, 6.07) is 5.78. The van der Waals surface area contributed by atoms with Crippen LogP contribution in [-0.4, -0.2) is 29.8 Å². The maximum atomic E-state index is 12.6. The van der Waals surface area contributed by atoms with E-state index in [0.29, 0.717) is 25.2 Å². The fraction of sp³-hybridized carbons (Fsp3) is 0.500. The molecule has 104 valence electrons. The Balaban J connectivity index is 1.61. The summed E-state index contributed by atoms with van der Waals surface area (Å²) in [4.78, 5) is 11.6. The quantitative estimate of drug-likeness (QED) is 0.738. The van der Waals surface area contributed by atoms with Gasteiger partial charge in [-0.2, -0.15) is 0 Å². The molecule has 1 amide bonds. The molecule has 4 nitrogen and oxygen atoms in total. The van der Waals surface area contributed by atoms with Crippen molar-refractivity contribution in [1.29, 1.82) is 0 Å². The Morgan fingerprint density at radius 1 is 1.37 bits per heavy atom. The Morgan fingerprint density at radius 2 is 2.05 bits per heavy atom. The van der Waals surface area contributed by atoms with E-state index in [0.717, 1.165) is 12.8 Å². The minimum absolute atomic E-state index is 0.00478. The fourth-order valence-corrected chi connectivity index (χ4v) is 1.79. The molecular weight excluding hydrogens is 249 g/mol. The first-order valence-electron chi connectivity index (χ1n) is 6.44. The summed E-state index contributed by atoms with van der Waals surface area (Å²) in [6.07, 6.45) is 2.65. The van der Waals surface area contributed by atoms with E-state index in [1.54, 1.807) is 12.1 Å². The van der Waals surface area contributed by atoms with Gasteiger partial charge in [0.1, 0.15) is 11.6 Å². The molecule has 1 aromatic carbocycles. The number of nitrogens with one attached hydrogen (secondary N) is 1. The summed E-state index contributed by atoms with van der Waals surface area (Å²) in [6.45, 7) is 0.413. The lowest BCUT2D eigenvalue weighted by Gasteiger charge is -2.14. The molecule has 1 aliphatic carbocycles. The fourth-order valence-electron chi connectivity index (χ4n) is 1.79.